The Kier molecular flexibility index (Phi) is 5.35. The average molecular weight is 410 g/mol. The van der Waals surface area contributed by atoms with Gasteiger partial charge in [-0.3, -0.25) is 5.43 Å². The number of benzene rings is 2. The van der Waals surface area contributed by atoms with E-state index in [1.165, 1.54) is 24.3 Å². The van der Waals surface area contributed by atoms with Crippen molar-refractivity contribution < 1.29 is 36.3 Å². The Balaban J connectivity index is 1.85. The molecule has 29 heavy (non-hydrogen) atoms. The first-order valence-electron chi connectivity index (χ1n) is 7.96. The summed E-state index contributed by atoms with van der Waals surface area (Å²) in [6.45, 7) is 1.60. The Hall–Kier alpha value is -3.69. The summed E-state index contributed by atoms with van der Waals surface area (Å²) in [4.78, 5) is 11.2. The predicted molar refractivity (Wildman–Crippen MR) is 93.3 cm³/mol. The van der Waals surface area contributed by atoms with Crippen molar-refractivity contribution in [1.29, 1.82) is 0 Å². The van der Waals surface area contributed by atoms with E-state index in [1.54, 1.807) is 18.4 Å². The van der Waals surface area contributed by atoms with Gasteiger partial charge in [0, 0.05) is 5.56 Å². The molecule has 5 nitrogen and oxygen atoms in total. The van der Waals surface area contributed by atoms with Crippen LogP contribution in [-0.4, -0.2) is 17.3 Å². The maximum Gasteiger partial charge on any atom is 0.335 e. The van der Waals surface area contributed by atoms with Gasteiger partial charge in [0.05, 0.1) is 11.8 Å². The molecular weight excluding hydrogens is 399 g/mol. The molecule has 0 unspecified atom stereocenters. The SMILES string of the molecule is Cc1c(C(=O)O)cccc1-c1ccc(/C=N/Nc2c(F)c(F)c(F)c(F)c2F)o1. The van der Waals surface area contributed by atoms with E-state index in [-0.39, 0.29) is 11.3 Å². The van der Waals surface area contributed by atoms with Crippen LogP contribution in [0, 0.1) is 36.0 Å². The molecule has 1 heterocycles. The van der Waals surface area contributed by atoms with E-state index in [0.29, 0.717) is 16.9 Å². The van der Waals surface area contributed by atoms with Crippen molar-refractivity contribution in [3.8, 4) is 11.3 Å². The van der Waals surface area contributed by atoms with Crippen molar-refractivity contribution in [1.82, 2.24) is 0 Å². The summed E-state index contributed by atoms with van der Waals surface area (Å²) >= 11 is 0. The number of hydrazone groups is 1. The molecule has 0 spiro atoms. The number of furan rings is 1. The third-order valence-corrected chi connectivity index (χ3v) is 4.03. The van der Waals surface area contributed by atoms with Gasteiger partial charge in [-0.1, -0.05) is 12.1 Å². The molecule has 1 aromatic heterocycles. The summed E-state index contributed by atoms with van der Waals surface area (Å²) in [5.41, 5.74) is 1.49. The van der Waals surface area contributed by atoms with Crippen molar-refractivity contribution >= 4 is 17.9 Å². The number of rotatable bonds is 5. The minimum Gasteiger partial charge on any atom is -0.478 e. The molecule has 0 fully saturated rings. The standard InChI is InChI=1S/C19H11F5N2O3/c1-8-10(3-2-4-11(8)19(27)28)12-6-5-9(29-12)7-25-26-18-16(23)14(21)13(20)15(22)17(18)24/h2-7,26H,1H3,(H,27,28)/b25-7+. The minimum atomic E-state index is -2.27. The van der Waals surface area contributed by atoms with Crippen LogP contribution in [0.25, 0.3) is 11.3 Å². The van der Waals surface area contributed by atoms with E-state index >= 15 is 0 Å². The Morgan fingerprint density at radius 3 is 2.24 bits per heavy atom. The van der Waals surface area contributed by atoms with Crippen LogP contribution < -0.4 is 5.43 Å². The number of nitrogens with zero attached hydrogens (tertiary/aromatic N) is 1. The van der Waals surface area contributed by atoms with E-state index in [2.05, 4.69) is 5.10 Å². The molecule has 0 aliphatic carbocycles. The first-order valence-corrected chi connectivity index (χ1v) is 7.96. The van der Waals surface area contributed by atoms with Crippen LogP contribution >= 0.6 is 0 Å². The lowest BCUT2D eigenvalue weighted by atomic mass is 10.0. The molecule has 0 radical (unpaired) electrons. The van der Waals surface area contributed by atoms with Crippen LogP contribution in [0.15, 0.2) is 39.9 Å². The lowest BCUT2D eigenvalue weighted by Crippen LogP contribution is -2.06. The third-order valence-electron chi connectivity index (χ3n) is 4.03. The molecule has 0 atom stereocenters. The van der Waals surface area contributed by atoms with E-state index in [0.717, 1.165) is 6.21 Å². The lowest BCUT2D eigenvalue weighted by molar-refractivity contribution is 0.0696. The quantitative estimate of drug-likeness (QED) is 0.202. The number of aromatic carboxylic acids is 1. The van der Waals surface area contributed by atoms with Crippen molar-refractivity contribution in [2.24, 2.45) is 5.10 Å². The van der Waals surface area contributed by atoms with Gasteiger partial charge >= 0.3 is 5.97 Å². The normalized spacial score (nSPS) is 11.2. The molecule has 0 amide bonds. The number of carboxylic acid groups (broad SMARTS) is 1. The Morgan fingerprint density at radius 2 is 1.62 bits per heavy atom. The third kappa shape index (κ3) is 3.68. The monoisotopic (exact) mass is 410 g/mol. The number of carboxylic acids is 1. The van der Waals surface area contributed by atoms with Crippen LogP contribution in [0.2, 0.25) is 0 Å². The highest BCUT2D eigenvalue weighted by Crippen LogP contribution is 2.28. The first-order chi connectivity index (χ1) is 13.7. The zero-order valence-electron chi connectivity index (χ0n) is 14.6. The molecule has 0 saturated heterocycles. The number of anilines is 1. The van der Waals surface area contributed by atoms with E-state index < -0.39 is 40.7 Å². The van der Waals surface area contributed by atoms with E-state index in [4.69, 9.17) is 9.52 Å². The van der Waals surface area contributed by atoms with Crippen LogP contribution in [-0.2, 0) is 0 Å². The largest absolute Gasteiger partial charge is 0.478 e. The molecule has 3 rings (SSSR count). The summed E-state index contributed by atoms with van der Waals surface area (Å²) in [7, 11) is 0. The Morgan fingerprint density at radius 1 is 1.00 bits per heavy atom. The molecule has 150 valence electrons. The number of halogens is 5. The first kappa shape index (κ1) is 20.1. The fourth-order valence-corrected chi connectivity index (χ4v) is 2.56. The molecule has 0 bridgehead atoms. The number of carbonyl (C=O) groups is 1. The van der Waals surface area contributed by atoms with Gasteiger partial charge in [0.25, 0.3) is 0 Å². The summed E-state index contributed by atoms with van der Waals surface area (Å²) in [6, 6.07) is 7.53. The highest BCUT2D eigenvalue weighted by molar-refractivity contribution is 5.91. The molecule has 0 aliphatic heterocycles. The molecule has 0 saturated carbocycles. The van der Waals surface area contributed by atoms with Crippen LogP contribution in [0.4, 0.5) is 27.6 Å². The van der Waals surface area contributed by atoms with Crippen LogP contribution in [0.3, 0.4) is 0 Å². The summed E-state index contributed by atoms with van der Waals surface area (Å²) in [5.74, 6) is -11.3. The van der Waals surface area contributed by atoms with Gasteiger partial charge in [0.1, 0.15) is 17.2 Å². The second-order valence-electron chi connectivity index (χ2n) is 5.80. The summed E-state index contributed by atoms with van der Waals surface area (Å²) in [5, 5.41) is 12.6. The minimum absolute atomic E-state index is 0.0801. The Bertz CT molecular complexity index is 1110. The molecule has 10 heteroatoms. The molecule has 2 aromatic carbocycles. The van der Waals surface area contributed by atoms with E-state index in [9.17, 15) is 26.7 Å². The topological polar surface area (TPSA) is 74.8 Å². The fourth-order valence-electron chi connectivity index (χ4n) is 2.56. The van der Waals surface area contributed by atoms with Gasteiger partial charge in [0.2, 0.25) is 5.82 Å². The number of nitrogens with one attached hydrogen (secondary N) is 1. The van der Waals surface area contributed by atoms with Crippen molar-refractivity contribution in [3.63, 3.8) is 0 Å². The maximum atomic E-state index is 13.6. The van der Waals surface area contributed by atoms with Gasteiger partial charge in [-0.15, -0.1) is 0 Å². The zero-order chi connectivity index (χ0) is 21.3. The van der Waals surface area contributed by atoms with Crippen molar-refractivity contribution in [3.05, 3.63) is 76.3 Å². The lowest BCUT2D eigenvalue weighted by Gasteiger charge is -2.06. The van der Waals surface area contributed by atoms with E-state index in [1.807, 2.05) is 0 Å². The van der Waals surface area contributed by atoms with Crippen LogP contribution in [0.1, 0.15) is 21.7 Å². The predicted octanol–water partition coefficient (Wildman–Crippen LogP) is 5.09. The molecular formula is C19H11F5N2O3. The van der Waals surface area contributed by atoms with Gasteiger partial charge in [-0.2, -0.15) is 5.10 Å². The van der Waals surface area contributed by atoms with Gasteiger partial charge in [0.15, 0.2) is 23.3 Å². The number of hydrogen-bond acceptors (Lipinski definition) is 4. The summed E-state index contributed by atoms with van der Waals surface area (Å²) < 4.78 is 71.9. The molecule has 0 aliphatic rings. The smallest absolute Gasteiger partial charge is 0.335 e. The van der Waals surface area contributed by atoms with Gasteiger partial charge in [-0.05, 0) is 30.7 Å². The highest BCUT2D eigenvalue weighted by atomic mass is 19.2. The van der Waals surface area contributed by atoms with Crippen LogP contribution in [0.5, 0.6) is 0 Å². The average Bonchev–Trinajstić information content (AvgIpc) is 3.16. The highest BCUT2D eigenvalue weighted by Gasteiger charge is 2.25. The Labute approximate surface area is 160 Å². The fraction of sp³-hybridized carbons (Fsp3) is 0.0526. The number of hydrogen-bond donors (Lipinski definition) is 2. The van der Waals surface area contributed by atoms with Crippen molar-refractivity contribution in [2.45, 2.75) is 6.92 Å². The van der Waals surface area contributed by atoms with Gasteiger partial charge < -0.3 is 9.52 Å². The van der Waals surface area contributed by atoms with Crippen molar-refractivity contribution in [2.75, 3.05) is 5.43 Å². The second kappa shape index (κ2) is 7.74. The van der Waals surface area contributed by atoms with Gasteiger partial charge in [-0.25, -0.2) is 26.7 Å². The second-order valence-corrected chi connectivity index (χ2v) is 5.80. The molecule has 3 aromatic rings. The molecule has 2 N–H and O–H groups in total. The summed E-state index contributed by atoms with van der Waals surface area (Å²) in [6.07, 6.45) is 0.956. The zero-order valence-corrected chi connectivity index (χ0v) is 14.6. The maximum absolute atomic E-state index is 13.6.